The number of nitrogens with zero attached hydrogens (tertiary/aromatic N) is 1. The first-order valence-electron chi connectivity index (χ1n) is 10.1. The van der Waals surface area contributed by atoms with Gasteiger partial charge in [0.2, 0.25) is 0 Å². The van der Waals surface area contributed by atoms with E-state index in [0.29, 0.717) is 0 Å². The molecule has 1 aliphatic rings. The minimum Gasteiger partial charge on any atom is -0.497 e. The maximum Gasteiger partial charge on any atom is 0.266 e. The van der Waals surface area contributed by atoms with E-state index in [0.717, 1.165) is 32.9 Å². The molecule has 1 heterocycles. The molecule has 0 spiro atoms. The zero-order chi connectivity index (χ0) is 21.2. The van der Waals surface area contributed by atoms with Crippen LogP contribution in [0.15, 0.2) is 102 Å². The van der Waals surface area contributed by atoms with E-state index in [-0.39, 0.29) is 11.3 Å². The van der Waals surface area contributed by atoms with Gasteiger partial charge in [0, 0.05) is 5.69 Å². The van der Waals surface area contributed by atoms with Gasteiger partial charge in [-0.2, -0.15) is 0 Å². The van der Waals surface area contributed by atoms with Crippen LogP contribution < -0.4 is 9.64 Å². The maximum atomic E-state index is 13.6. The fourth-order valence-corrected chi connectivity index (χ4v) is 5.14. The average molecular weight is 424 g/mol. The fraction of sp³-hybridized carbons (Fsp3) is 0.0741. The first kappa shape index (κ1) is 19.5. The largest absolute Gasteiger partial charge is 0.497 e. The Bertz CT molecular complexity index is 1260. The smallest absolute Gasteiger partial charge is 0.266 e. The van der Waals surface area contributed by atoms with Crippen LogP contribution in [0.1, 0.15) is 16.5 Å². The molecule has 0 bridgehead atoms. The highest BCUT2D eigenvalue weighted by Gasteiger charge is 2.38. The van der Waals surface area contributed by atoms with Crippen molar-refractivity contribution < 1.29 is 9.53 Å². The number of rotatable bonds is 4. The minimum absolute atomic E-state index is 0.0111. The van der Waals surface area contributed by atoms with Crippen LogP contribution in [0.25, 0.3) is 16.8 Å². The number of amides is 1. The molecule has 3 nitrogen and oxygen atoms in total. The lowest BCUT2D eigenvalue weighted by molar-refractivity contribution is -0.114. The van der Waals surface area contributed by atoms with Crippen LogP contribution in [0.2, 0.25) is 0 Å². The van der Waals surface area contributed by atoms with E-state index in [1.54, 1.807) is 18.9 Å². The average Bonchev–Trinajstić information content (AvgIpc) is 3.16. The lowest BCUT2D eigenvalue weighted by atomic mass is 10.0. The number of benzene rings is 4. The summed E-state index contributed by atoms with van der Waals surface area (Å²) in [5, 5.41) is 2.19. The zero-order valence-corrected chi connectivity index (χ0v) is 17.9. The summed E-state index contributed by atoms with van der Waals surface area (Å²) in [4.78, 5) is 16.2. The van der Waals surface area contributed by atoms with Gasteiger partial charge in [-0.05, 0) is 52.2 Å². The van der Waals surface area contributed by atoms with Crippen LogP contribution in [0.3, 0.4) is 0 Å². The molecule has 1 atom stereocenters. The lowest BCUT2D eigenvalue weighted by Gasteiger charge is -2.24. The fourth-order valence-electron chi connectivity index (χ4n) is 3.89. The molecule has 1 saturated heterocycles. The Morgan fingerprint density at radius 2 is 1.55 bits per heavy atom. The quantitative estimate of drug-likeness (QED) is 0.343. The molecule has 4 aromatic rings. The van der Waals surface area contributed by atoms with Gasteiger partial charge >= 0.3 is 0 Å². The maximum absolute atomic E-state index is 13.6. The van der Waals surface area contributed by atoms with Crippen molar-refractivity contribution in [3.63, 3.8) is 0 Å². The highest BCUT2D eigenvalue weighted by atomic mass is 32.2. The van der Waals surface area contributed by atoms with E-state index < -0.39 is 0 Å². The molecule has 152 valence electrons. The van der Waals surface area contributed by atoms with Crippen LogP contribution in [0.5, 0.6) is 5.75 Å². The summed E-state index contributed by atoms with van der Waals surface area (Å²) in [6, 6.07) is 32.3. The summed E-state index contributed by atoms with van der Waals surface area (Å²) in [6.45, 7) is 0. The molecular weight excluding hydrogens is 402 g/mol. The Balaban J connectivity index is 1.59. The summed E-state index contributed by atoms with van der Waals surface area (Å²) >= 11 is 1.59. The van der Waals surface area contributed by atoms with Crippen LogP contribution >= 0.6 is 11.8 Å². The normalized spacial score (nSPS) is 17.5. The first-order chi connectivity index (χ1) is 15.2. The molecule has 1 fully saturated rings. The Morgan fingerprint density at radius 1 is 0.839 bits per heavy atom. The lowest BCUT2D eigenvalue weighted by Crippen LogP contribution is -2.27. The number of anilines is 1. The van der Waals surface area contributed by atoms with Crippen molar-refractivity contribution in [2.45, 2.75) is 5.37 Å². The molecule has 0 radical (unpaired) electrons. The molecule has 5 rings (SSSR count). The van der Waals surface area contributed by atoms with Gasteiger partial charge in [-0.25, -0.2) is 0 Å². The summed E-state index contributed by atoms with van der Waals surface area (Å²) in [7, 11) is 1.64. The van der Waals surface area contributed by atoms with Gasteiger partial charge in [0.05, 0.1) is 12.0 Å². The van der Waals surface area contributed by atoms with Crippen molar-refractivity contribution in [3.05, 3.63) is 113 Å². The van der Waals surface area contributed by atoms with Gasteiger partial charge in [-0.1, -0.05) is 84.6 Å². The van der Waals surface area contributed by atoms with Crippen molar-refractivity contribution in [1.29, 1.82) is 0 Å². The van der Waals surface area contributed by atoms with Crippen molar-refractivity contribution in [2.24, 2.45) is 0 Å². The van der Waals surface area contributed by atoms with Gasteiger partial charge in [0.25, 0.3) is 5.91 Å². The predicted octanol–water partition coefficient (Wildman–Crippen LogP) is 6.67. The topological polar surface area (TPSA) is 29.5 Å². The second-order valence-corrected chi connectivity index (χ2v) is 8.45. The number of hydrogen-bond acceptors (Lipinski definition) is 3. The van der Waals surface area contributed by atoms with E-state index >= 15 is 0 Å². The summed E-state index contributed by atoms with van der Waals surface area (Å²) in [5.74, 6) is 0.780. The van der Waals surface area contributed by atoms with Crippen molar-refractivity contribution >= 4 is 40.2 Å². The second-order valence-electron chi connectivity index (χ2n) is 7.33. The summed E-state index contributed by atoms with van der Waals surface area (Å²) < 4.78 is 5.29. The molecule has 1 aliphatic heterocycles. The van der Waals surface area contributed by atoms with Gasteiger partial charge in [-0.15, -0.1) is 0 Å². The minimum atomic E-state index is -0.122. The highest BCUT2D eigenvalue weighted by molar-refractivity contribution is 8.05. The molecule has 0 saturated carbocycles. The van der Waals surface area contributed by atoms with Crippen molar-refractivity contribution in [2.75, 3.05) is 12.0 Å². The molecule has 1 amide bonds. The SMILES string of the molecule is COc1ccc(N2C(=O)C(=Cc3cccc4ccccc34)SC2c2ccccc2)cc1. The standard InChI is InChI=1S/C27H21NO2S/c1-30-23-16-14-22(15-17-23)28-26(29)25(31-27(28)20-9-3-2-4-10-20)18-21-12-7-11-19-8-5-6-13-24(19)21/h2-18,27H,1H3. The number of methoxy groups -OCH3 is 1. The van der Waals surface area contributed by atoms with E-state index in [1.807, 2.05) is 71.6 Å². The second kappa shape index (κ2) is 8.32. The molecule has 0 aliphatic carbocycles. The number of carbonyl (C=O) groups excluding carboxylic acids is 1. The van der Waals surface area contributed by atoms with E-state index in [9.17, 15) is 4.79 Å². The van der Waals surface area contributed by atoms with Crippen molar-refractivity contribution in [3.8, 4) is 5.75 Å². The number of carbonyl (C=O) groups is 1. The molecule has 0 N–H and O–H groups in total. The van der Waals surface area contributed by atoms with Crippen LogP contribution in [-0.4, -0.2) is 13.0 Å². The molecule has 31 heavy (non-hydrogen) atoms. The van der Waals surface area contributed by atoms with Gasteiger partial charge < -0.3 is 4.74 Å². The Hall–Kier alpha value is -3.50. The van der Waals surface area contributed by atoms with Crippen LogP contribution in [0, 0.1) is 0 Å². The predicted molar refractivity (Wildman–Crippen MR) is 129 cm³/mol. The van der Waals surface area contributed by atoms with Crippen LogP contribution in [-0.2, 0) is 4.79 Å². The summed E-state index contributed by atoms with van der Waals surface area (Å²) in [6.07, 6.45) is 2.02. The Labute approximate surface area is 186 Å². The third kappa shape index (κ3) is 3.71. The van der Waals surface area contributed by atoms with Crippen molar-refractivity contribution in [1.82, 2.24) is 0 Å². The van der Waals surface area contributed by atoms with Gasteiger partial charge in [0.15, 0.2) is 0 Å². The molecule has 0 aromatic heterocycles. The van der Waals surface area contributed by atoms with Gasteiger partial charge in [0.1, 0.15) is 11.1 Å². The van der Waals surface area contributed by atoms with Crippen LogP contribution in [0.4, 0.5) is 5.69 Å². The molecule has 1 unspecified atom stereocenters. The monoisotopic (exact) mass is 423 g/mol. The Kier molecular flexibility index (Phi) is 5.23. The zero-order valence-electron chi connectivity index (χ0n) is 17.1. The van der Waals surface area contributed by atoms with E-state index in [4.69, 9.17) is 4.74 Å². The third-order valence-corrected chi connectivity index (χ3v) is 6.70. The first-order valence-corrected chi connectivity index (χ1v) is 11.0. The molecule has 4 heteroatoms. The number of fused-ring (bicyclic) bond motifs is 1. The van der Waals surface area contributed by atoms with Gasteiger partial charge in [-0.3, -0.25) is 9.69 Å². The van der Waals surface area contributed by atoms with E-state index in [2.05, 4.69) is 36.4 Å². The summed E-state index contributed by atoms with van der Waals surface area (Å²) in [5.41, 5.74) is 3.00. The molecule has 4 aromatic carbocycles. The molecular formula is C27H21NO2S. The Morgan fingerprint density at radius 3 is 2.32 bits per heavy atom. The number of hydrogen-bond donors (Lipinski definition) is 0. The third-order valence-electron chi connectivity index (χ3n) is 5.45. The van der Waals surface area contributed by atoms with E-state index in [1.165, 1.54) is 5.39 Å². The number of thioether (sulfide) groups is 1. The highest BCUT2D eigenvalue weighted by Crippen LogP contribution is 2.48. The number of ether oxygens (including phenoxy) is 1.